The number of aryl methyl sites for hydroxylation is 2. The fourth-order valence-corrected chi connectivity index (χ4v) is 5.53. The van der Waals surface area contributed by atoms with Crippen molar-refractivity contribution < 1.29 is 17.9 Å². The Morgan fingerprint density at radius 3 is 2.66 bits per heavy atom. The van der Waals surface area contributed by atoms with Crippen LogP contribution in [0.25, 0.3) is 21.9 Å². The number of fused-ring (bicyclic) bond motifs is 3. The van der Waals surface area contributed by atoms with Gasteiger partial charge in [0, 0.05) is 32.0 Å². The minimum atomic E-state index is -3.68. The molecule has 0 aliphatic carbocycles. The highest BCUT2D eigenvalue weighted by molar-refractivity contribution is 7.89. The van der Waals surface area contributed by atoms with Crippen molar-refractivity contribution in [1.82, 2.24) is 19.3 Å². The highest BCUT2D eigenvalue weighted by Crippen LogP contribution is 2.29. The standard InChI is InChI=1S/C25H31N5O4S/c1-17-10-11-20(34-3)21(16-17)35(31,32)27-13-6-7-14-30-22(12-15-33-2)29-23-24(30)18-8-4-5-9-19(18)28-25(23)26/h4-5,8-11,16,27H,6-7,12-15H2,1-3H3,(H2,26,28). The van der Waals surface area contributed by atoms with Crippen LogP contribution in [0.4, 0.5) is 5.82 Å². The number of hydrogen-bond donors (Lipinski definition) is 2. The van der Waals surface area contributed by atoms with Gasteiger partial charge in [-0.25, -0.2) is 23.1 Å². The molecule has 0 saturated heterocycles. The number of pyridine rings is 1. The van der Waals surface area contributed by atoms with Crippen LogP contribution in [0.2, 0.25) is 0 Å². The first kappa shape index (κ1) is 24.9. The fraction of sp³-hybridized carbons (Fsp3) is 0.360. The monoisotopic (exact) mass is 497 g/mol. The number of imidazole rings is 1. The maximum absolute atomic E-state index is 12.8. The summed E-state index contributed by atoms with van der Waals surface area (Å²) in [5.41, 5.74) is 9.54. The predicted octanol–water partition coefficient (Wildman–Crippen LogP) is 3.43. The Labute approximate surface area is 205 Å². The van der Waals surface area contributed by atoms with Crippen molar-refractivity contribution in [1.29, 1.82) is 0 Å². The lowest BCUT2D eigenvalue weighted by Crippen LogP contribution is -2.25. The van der Waals surface area contributed by atoms with Crippen LogP contribution in [-0.2, 0) is 27.7 Å². The molecule has 0 aliphatic rings. The quantitative estimate of drug-likeness (QED) is 0.305. The van der Waals surface area contributed by atoms with Crippen molar-refractivity contribution in [2.45, 2.75) is 37.6 Å². The molecule has 0 unspecified atom stereocenters. The number of nitrogens with one attached hydrogen (secondary N) is 1. The Balaban J connectivity index is 1.52. The molecule has 10 heteroatoms. The van der Waals surface area contributed by atoms with Gasteiger partial charge < -0.3 is 19.8 Å². The summed E-state index contributed by atoms with van der Waals surface area (Å²) in [6, 6.07) is 13.0. The molecule has 4 aromatic rings. The molecule has 0 aliphatic heterocycles. The van der Waals surface area contributed by atoms with Gasteiger partial charge >= 0.3 is 0 Å². The largest absolute Gasteiger partial charge is 0.495 e. The first-order chi connectivity index (χ1) is 16.9. The molecule has 0 bridgehead atoms. The van der Waals surface area contributed by atoms with E-state index in [0.29, 0.717) is 49.6 Å². The number of anilines is 1. The average molecular weight is 498 g/mol. The van der Waals surface area contributed by atoms with Crippen LogP contribution >= 0.6 is 0 Å². The van der Waals surface area contributed by atoms with Crippen molar-refractivity contribution in [3.63, 3.8) is 0 Å². The molecule has 0 spiro atoms. The molecule has 2 aromatic heterocycles. The van der Waals surface area contributed by atoms with Gasteiger partial charge in [-0.15, -0.1) is 0 Å². The summed E-state index contributed by atoms with van der Waals surface area (Å²) in [5.74, 6) is 1.60. The van der Waals surface area contributed by atoms with Gasteiger partial charge in [0.15, 0.2) is 5.82 Å². The fourth-order valence-electron chi connectivity index (χ4n) is 4.20. The van der Waals surface area contributed by atoms with Crippen LogP contribution in [0.15, 0.2) is 47.4 Å². The third-order valence-corrected chi connectivity index (χ3v) is 7.41. The summed E-state index contributed by atoms with van der Waals surface area (Å²) in [6.07, 6.45) is 2.03. The van der Waals surface area contributed by atoms with Gasteiger partial charge in [0.25, 0.3) is 0 Å². The zero-order chi connectivity index (χ0) is 25.0. The molecule has 0 fully saturated rings. The second-order valence-electron chi connectivity index (χ2n) is 8.39. The van der Waals surface area contributed by atoms with E-state index in [-0.39, 0.29) is 4.90 Å². The highest BCUT2D eigenvalue weighted by atomic mass is 32.2. The number of aromatic nitrogens is 3. The Hall–Kier alpha value is -3.21. The second kappa shape index (κ2) is 10.6. The van der Waals surface area contributed by atoms with Crippen LogP contribution in [0.5, 0.6) is 5.75 Å². The number of para-hydroxylation sites is 1. The molecule has 2 aromatic carbocycles. The lowest BCUT2D eigenvalue weighted by atomic mass is 10.2. The summed E-state index contributed by atoms with van der Waals surface area (Å²) in [5, 5.41) is 0.986. The molecule has 2 heterocycles. The van der Waals surface area contributed by atoms with E-state index in [0.717, 1.165) is 34.2 Å². The third-order valence-electron chi connectivity index (χ3n) is 5.93. The number of hydrogen-bond acceptors (Lipinski definition) is 7. The van der Waals surface area contributed by atoms with Crippen LogP contribution in [0.1, 0.15) is 24.2 Å². The molecular weight excluding hydrogens is 466 g/mol. The van der Waals surface area contributed by atoms with Gasteiger partial charge in [0.2, 0.25) is 10.0 Å². The number of nitrogens with zero attached hydrogens (tertiary/aromatic N) is 3. The smallest absolute Gasteiger partial charge is 0.244 e. The van der Waals surface area contributed by atoms with E-state index in [1.807, 2.05) is 37.3 Å². The number of ether oxygens (including phenoxy) is 2. The lowest BCUT2D eigenvalue weighted by Gasteiger charge is -2.13. The van der Waals surface area contributed by atoms with Crippen molar-refractivity contribution in [3.8, 4) is 5.75 Å². The van der Waals surface area contributed by atoms with Gasteiger partial charge in [-0.1, -0.05) is 24.3 Å². The lowest BCUT2D eigenvalue weighted by molar-refractivity contribution is 0.199. The summed E-state index contributed by atoms with van der Waals surface area (Å²) in [6.45, 7) is 3.36. The van der Waals surface area contributed by atoms with E-state index in [1.165, 1.54) is 7.11 Å². The average Bonchev–Trinajstić information content (AvgIpc) is 3.21. The molecule has 35 heavy (non-hydrogen) atoms. The van der Waals surface area contributed by atoms with Crippen molar-refractivity contribution in [2.24, 2.45) is 0 Å². The van der Waals surface area contributed by atoms with Crippen molar-refractivity contribution in [2.75, 3.05) is 33.1 Å². The van der Waals surface area contributed by atoms with E-state index in [4.69, 9.17) is 20.2 Å². The van der Waals surface area contributed by atoms with Crippen LogP contribution in [0.3, 0.4) is 0 Å². The van der Waals surface area contributed by atoms with E-state index >= 15 is 0 Å². The molecule has 0 saturated carbocycles. The minimum absolute atomic E-state index is 0.150. The maximum Gasteiger partial charge on any atom is 0.244 e. The van der Waals surface area contributed by atoms with Gasteiger partial charge in [0.1, 0.15) is 22.0 Å². The summed E-state index contributed by atoms with van der Waals surface area (Å²) < 4.78 is 41.1. The van der Waals surface area contributed by atoms with Crippen LogP contribution in [0, 0.1) is 6.92 Å². The molecule has 3 N–H and O–H groups in total. The Kier molecular flexibility index (Phi) is 7.54. The summed E-state index contributed by atoms with van der Waals surface area (Å²) in [4.78, 5) is 9.43. The van der Waals surface area contributed by atoms with Crippen molar-refractivity contribution >= 4 is 37.8 Å². The number of benzene rings is 2. The molecule has 0 amide bonds. The van der Waals surface area contributed by atoms with Gasteiger partial charge in [-0.3, -0.25) is 0 Å². The van der Waals surface area contributed by atoms with Crippen molar-refractivity contribution in [3.05, 3.63) is 53.9 Å². The normalized spacial score (nSPS) is 12.0. The molecule has 186 valence electrons. The first-order valence-electron chi connectivity index (χ1n) is 11.5. The molecular formula is C25H31N5O4S. The summed E-state index contributed by atoms with van der Waals surface area (Å²) in [7, 11) is -0.560. The molecule has 0 atom stereocenters. The van der Waals surface area contributed by atoms with E-state index in [9.17, 15) is 8.42 Å². The first-order valence-corrected chi connectivity index (χ1v) is 13.0. The third kappa shape index (κ3) is 5.24. The van der Waals surface area contributed by atoms with Gasteiger partial charge in [-0.05, 0) is 43.5 Å². The number of nitrogen functional groups attached to an aromatic ring is 1. The van der Waals surface area contributed by atoms with Crippen LogP contribution in [-0.4, -0.2) is 50.3 Å². The number of sulfonamides is 1. The molecule has 4 rings (SSSR count). The Morgan fingerprint density at radius 2 is 1.89 bits per heavy atom. The molecule has 0 radical (unpaired) electrons. The van der Waals surface area contributed by atoms with Gasteiger partial charge in [0.05, 0.1) is 24.8 Å². The second-order valence-corrected chi connectivity index (χ2v) is 10.1. The van der Waals surface area contributed by atoms with E-state index < -0.39 is 10.0 Å². The number of nitrogens with two attached hydrogens (primary N) is 1. The zero-order valence-corrected chi connectivity index (χ0v) is 21.1. The highest BCUT2D eigenvalue weighted by Gasteiger charge is 2.20. The van der Waals surface area contributed by atoms with Gasteiger partial charge in [-0.2, -0.15) is 0 Å². The number of rotatable bonds is 11. The minimum Gasteiger partial charge on any atom is -0.495 e. The summed E-state index contributed by atoms with van der Waals surface area (Å²) >= 11 is 0. The van der Waals surface area contributed by atoms with E-state index in [1.54, 1.807) is 19.2 Å². The Bertz CT molecular complexity index is 1450. The topological polar surface area (TPSA) is 121 Å². The number of unbranched alkanes of at least 4 members (excludes halogenated alkanes) is 1. The Morgan fingerprint density at radius 1 is 1.09 bits per heavy atom. The van der Waals surface area contributed by atoms with Crippen LogP contribution < -0.4 is 15.2 Å². The number of methoxy groups -OCH3 is 2. The maximum atomic E-state index is 12.8. The van der Waals surface area contributed by atoms with E-state index in [2.05, 4.69) is 14.3 Å². The predicted molar refractivity (Wildman–Crippen MR) is 137 cm³/mol. The molecule has 9 nitrogen and oxygen atoms in total. The SMILES string of the molecule is COCCc1nc2c(N)nc3ccccc3c2n1CCCCNS(=O)(=O)c1cc(C)ccc1OC. The zero-order valence-electron chi connectivity index (χ0n) is 20.2.